The van der Waals surface area contributed by atoms with Crippen molar-refractivity contribution >= 4 is 12.5 Å². The molecule has 0 saturated carbocycles. The van der Waals surface area contributed by atoms with Crippen LogP contribution in [0, 0.1) is 6.92 Å². The molecule has 0 unspecified atom stereocenters. The van der Waals surface area contributed by atoms with Gasteiger partial charge in [0.15, 0.2) is 0 Å². The van der Waals surface area contributed by atoms with Crippen LogP contribution in [0.5, 0.6) is 0 Å². The van der Waals surface area contributed by atoms with Gasteiger partial charge in [-0.15, -0.1) is 0 Å². The first-order chi connectivity index (χ1) is 17.3. The number of aromatic nitrogens is 1. The minimum Gasteiger partial charge on any atom is -0.463 e. The van der Waals surface area contributed by atoms with E-state index in [1.165, 1.54) is 16.7 Å². The molecule has 0 radical (unpaired) electrons. The van der Waals surface area contributed by atoms with E-state index in [1.807, 2.05) is 32.1 Å². The van der Waals surface area contributed by atoms with Crippen molar-refractivity contribution in [3.8, 4) is 11.3 Å². The van der Waals surface area contributed by atoms with Gasteiger partial charge in [-0.3, -0.25) is 9.78 Å². The van der Waals surface area contributed by atoms with E-state index in [1.54, 1.807) is 6.20 Å². The number of aliphatic hydroxyl groups is 1. The summed E-state index contributed by atoms with van der Waals surface area (Å²) in [6.45, 7) is 11.4. The minimum atomic E-state index is -0.748. The van der Waals surface area contributed by atoms with Crippen molar-refractivity contribution in [3.63, 3.8) is 0 Å². The molecule has 0 fully saturated rings. The minimum absolute atomic E-state index is 0.0808. The third kappa shape index (κ3) is 5.93. The highest BCUT2D eigenvalue weighted by Crippen LogP contribution is 2.40. The van der Waals surface area contributed by atoms with Crippen LogP contribution in [0.25, 0.3) is 17.3 Å². The Morgan fingerprint density at radius 3 is 2.08 bits per heavy atom. The molecule has 4 heteroatoms. The highest BCUT2D eigenvalue weighted by molar-refractivity contribution is 5.61. The lowest BCUT2D eigenvalue weighted by Crippen LogP contribution is -2.26. The lowest BCUT2D eigenvalue weighted by Gasteiger charge is -2.34. The van der Waals surface area contributed by atoms with E-state index in [0.717, 1.165) is 35.2 Å². The lowest BCUT2D eigenvalue weighted by molar-refractivity contribution is -0.129. The first-order valence-corrected chi connectivity index (χ1v) is 13.0. The van der Waals surface area contributed by atoms with Gasteiger partial charge in [-0.2, -0.15) is 0 Å². The zero-order valence-electron chi connectivity index (χ0n) is 22.3. The topological polar surface area (TPSA) is 59.4 Å². The summed E-state index contributed by atoms with van der Waals surface area (Å²) in [6.07, 6.45) is 9.14. The molecule has 0 spiro atoms. The number of hydrogen-bond acceptors (Lipinski definition) is 4. The van der Waals surface area contributed by atoms with Crippen molar-refractivity contribution in [2.24, 2.45) is 0 Å². The van der Waals surface area contributed by atoms with Gasteiger partial charge in [0.1, 0.15) is 6.61 Å². The molecular weight excluding hydrogens is 446 g/mol. The van der Waals surface area contributed by atoms with E-state index < -0.39 is 5.60 Å². The van der Waals surface area contributed by atoms with Gasteiger partial charge in [0.05, 0.1) is 11.3 Å². The summed E-state index contributed by atoms with van der Waals surface area (Å²) in [7, 11) is 0. The molecule has 190 valence electrons. The first-order valence-electron chi connectivity index (χ1n) is 13.0. The van der Waals surface area contributed by atoms with Gasteiger partial charge in [0.25, 0.3) is 6.47 Å². The molecular formula is C32H39NO3. The fourth-order valence-corrected chi connectivity index (χ4v) is 4.90. The zero-order chi connectivity index (χ0) is 26.2. The number of pyridine rings is 1. The molecule has 1 heterocycles. The molecule has 3 rings (SSSR count). The van der Waals surface area contributed by atoms with Crippen LogP contribution < -0.4 is 0 Å². The third-order valence-corrected chi connectivity index (χ3v) is 7.70. The average Bonchev–Trinajstić information content (AvgIpc) is 2.93. The van der Waals surface area contributed by atoms with Crippen molar-refractivity contribution in [2.75, 3.05) is 0 Å². The Balaban J connectivity index is 1.89. The quantitative estimate of drug-likeness (QED) is 0.272. The summed E-state index contributed by atoms with van der Waals surface area (Å²) < 4.78 is 4.80. The summed E-state index contributed by atoms with van der Waals surface area (Å²) in [4.78, 5) is 14.9. The molecule has 0 amide bonds. The molecule has 0 aliphatic heterocycles. The molecule has 3 aromatic rings. The van der Waals surface area contributed by atoms with Gasteiger partial charge < -0.3 is 9.84 Å². The number of carbonyl (C=O) groups is 1. The molecule has 0 atom stereocenters. The zero-order valence-corrected chi connectivity index (χ0v) is 22.3. The van der Waals surface area contributed by atoms with Crippen molar-refractivity contribution in [1.82, 2.24) is 4.98 Å². The first kappa shape index (κ1) is 27.3. The average molecular weight is 486 g/mol. The molecule has 0 bridgehead atoms. The molecule has 0 aliphatic carbocycles. The second kappa shape index (κ2) is 12.1. The highest BCUT2D eigenvalue weighted by Gasteiger charge is 2.31. The fraction of sp³-hybridized carbons (Fsp3) is 0.375. The number of aryl methyl sites for hydroxylation is 1. The summed E-state index contributed by atoms with van der Waals surface area (Å²) >= 11 is 0. The Morgan fingerprint density at radius 2 is 1.56 bits per heavy atom. The maximum Gasteiger partial charge on any atom is 0.293 e. The fourth-order valence-electron chi connectivity index (χ4n) is 4.90. The summed E-state index contributed by atoms with van der Waals surface area (Å²) in [5.41, 5.74) is 6.94. The molecule has 4 nitrogen and oxygen atoms in total. The summed E-state index contributed by atoms with van der Waals surface area (Å²) in [5, 5.41) is 10.6. The van der Waals surface area contributed by atoms with E-state index in [-0.39, 0.29) is 12.0 Å². The molecule has 1 N–H and O–H groups in total. The van der Waals surface area contributed by atoms with Crippen molar-refractivity contribution in [3.05, 3.63) is 94.7 Å². The van der Waals surface area contributed by atoms with Crippen LogP contribution in [0.4, 0.5) is 0 Å². The van der Waals surface area contributed by atoms with E-state index in [9.17, 15) is 9.90 Å². The van der Waals surface area contributed by atoms with Crippen molar-refractivity contribution in [1.29, 1.82) is 0 Å². The van der Waals surface area contributed by atoms with Crippen LogP contribution in [0.3, 0.4) is 0 Å². The second-order valence-electron chi connectivity index (χ2n) is 9.54. The van der Waals surface area contributed by atoms with Crippen molar-refractivity contribution < 1.29 is 14.6 Å². The van der Waals surface area contributed by atoms with Gasteiger partial charge >= 0.3 is 0 Å². The summed E-state index contributed by atoms with van der Waals surface area (Å²) in [6, 6.07) is 19.3. The van der Waals surface area contributed by atoms with Crippen LogP contribution in [-0.2, 0) is 21.6 Å². The normalized spacial score (nSPS) is 12.2. The number of hydrogen-bond donors (Lipinski definition) is 1. The number of benzene rings is 2. The Labute approximate surface area is 216 Å². The molecule has 2 aromatic carbocycles. The lowest BCUT2D eigenvalue weighted by atomic mass is 9.70. The Morgan fingerprint density at radius 1 is 0.889 bits per heavy atom. The van der Waals surface area contributed by atoms with Crippen LogP contribution in [0.2, 0.25) is 0 Å². The standard InChI is InChI=1S/C32H39NO3/c1-6-31(35,7-2)19-18-26-11-16-29(20-24(26)5)32(8-3,9-4)28-14-12-27(13-15-28)30-17-10-25(21-33-30)22-36-23-34/h10-21,23,35H,6-9,22H2,1-5H3/b19-18+. The Hall–Kier alpha value is -3.24. The number of carbonyl (C=O) groups excluding carboxylic acids is 1. The molecule has 0 saturated heterocycles. The Kier molecular flexibility index (Phi) is 9.22. The highest BCUT2D eigenvalue weighted by atomic mass is 16.5. The predicted octanol–water partition coefficient (Wildman–Crippen LogP) is 7.40. The molecule has 36 heavy (non-hydrogen) atoms. The Bertz CT molecular complexity index is 1160. The van der Waals surface area contributed by atoms with Crippen LogP contribution in [0.1, 0.15) is 81.2 Å². The van der Waals surface area contributed by atoms with Gasteiger partial charge in [-0.25, -0.2) is 0 Å². The van der Waals surface area contributed by atoms with Gasteiger partial charge in [-0.05, 0) is 60.9 Å². The monoisotopic (exact) mass is 485 g/mol. The van der Waals surface area contributed by atoms with E-state index in [2.05, 4.69) is 74.3 Å². The number of ether oxygens (including phenoxy) is 1. The van der Waals surface area contributed by atoms with E-state index >= 15 is 0 Å². The number of rotatable bonds is 12. The van der Waals surface area contributed by atoms with Gasteiger partial charge in [-0.1, -0.05) is 88.4 Å². The maximum absolute atomic E-state index is 10.6. The van der Waals surface area contributed by atoms with Crippen LogP contribution in [0.15, 0.2) is 66.9 Å². The van der Waals surface area contributed by atoms with Gasteiger partial charge in [0, 0.05) is 22.7 Å². The largest absolute Gasteiger partial charge is 0.463 e. The molecule has 0 aliphatic rings. The van der Waals surface area contributed by atoms with Crippen LogP contribution in [-0.4, -0.2) is 22.2 Å². The maximum atomic E-state index is 10.6. The predicted molar refractivity (Wildman–Crippen MR) is 148 cm³/mol. The second-order valence-corrected chi connectivity index (χ2v) is 9.54. The third-order valence-electron chi connectivity index (χ3n) is 7.70. The van der Waals surface area contributed by atoms with Crippen molar-refractivity contribution in [2.45, 2.75) is 77.9 Å². The van der Waals surface area contributed by atoms with E-state index in [0.29, 0.717) is 19.3 Å². The smallest absolute Gasteiger partial charge is 0.293 e. The van der Waals surface area contributed by atoms with Crippen LogP contribution >= 0.6 is 0 Å². The summed E-state index contributed by atoms with van der Waals surface area (Å²) in [5.74, 6) is 0. The van der Waals surface area contributed by atoms with E-state index in [4.69, 9.17) is 4.74 Å². The molecule has 1 aromatic heterocycles. The number of nitrogens with zero attached hydrogens (tertiary/aromatic N) is 1. The SMILES string of the molecule is CCC(O)(/C=C/c1ccc(C(CC)(CC)c2ccc(-c3ccc(COC=O)cn3)cc2)cc1C)CC. The van der Waals surface area contributed by atoms with Gasteiger partial charge in [0.2, 0.25) is 0 Å².